The van der Waals surface area contributed by atoms with E-state index in [4.69, 9.17) is 4.74 Å². The quantitative estimate of drug-likeness (QED) is 0.580. The Morgan fingerprint density at radius 1 is 1.07 bits per heavy atom. The molecule has 1 aliphatic rings. The minimum atomic E-state index is -0.197. The lowest BCUT2D eigenvalue weighted by atomic mass is 9.97. The van der Waals surface area contributed by atoms with E-state index in [2.05, 4.69) is 4.98 Å². The number of carbonyl (C=O) groups is 2. The van der Waals surface area contributed by atoms with E-state index in [0.717, 1.165) is 21.1 Å². The summed E-state index contributed by atoms with van der Waals surface area (Å²) in [5.74, 6) is -0.296. The van der Waals surface area contributed by atoms with Crippen molar-refractivity contribution in [3.05, 3.63) is 63.8 Å². The number of nitrogens with zero attached hydrogens (tertiary/aromatic N) is 2. The molecule has 28 heavy (non-hydrogen) atoms. The SMILES string of the molecule is O=C(OCc1csc(-c2ccccc2)n1)C1CCN(C(=O)c2cccs2)CC1. The first-order valence-electron chi connectivity index (χ1n) is 9.20. The Morgan fingerprint density at radius 3 is 2.57 bits per heavy atom. The van der Waals surface area contributed by atoms with Crippen molar-refractivity contribution in [3.63, 3.8) is 0 Å². The second kappa shape index (κ2) is 8.67. The summed E-state index contributed by atoms with van der Waals surface area (Å²) >= 11 is 3.00. The van der Waals surface area contributed by atoms with Crippen molar-refractivity contribution < 1.29 is 14.3 Å². The van der Waals surface area contributed by atoms with Crippen molar-refractivity contribution in [1.29, 1.82) is 0 Å². The van der Waals surface area contributed by atoms with E-state index in [1.54, 1.807) is 11.3 Å². The fraction of sp³-hybridized carbons (Fsp3) is 0.286. The largest absolute Gasteiger partial charge is 0.459 e. The van der Waals surface area contributed by atoms with Gasteiger partial charge in [-0.3, -0.25) is 9.59 Å². The Hall–Kier alpha value is -2.51. The number of benzene rings is 1. The van der Waals surface area contributed by atoms with Gasteiger partial charge in [0, 0.05) is 24.0 Å². The maximum Gasteiger partial charge on any atom is 0.309 e. The number of rotatable bonds is 5. The van der Waals surface area contributed by atoms with Crippen LogP contribution >= 0.6 is 22.7 Å². The summed E-state index contributed by atoms with van der Waals surface area (Å²) in [5, 5.41) is 4.75. The summed E-state index contributed by atoms with van der Waals surface area (Å²) in [7, 11) is 0. The molecule has 4 rings (SSSR count). The number of piperidine rings is 1. The monoisotopic (exact) mass is 412 g/mol. The number of hydrogen-bond donors (Lipinski definition) is 0. The number of thiophene rings is 1. The molecule has 1 saturated heterocycles. The van der Waals surface area contributed by atoms with Crippen molar-refractivity contribution in [1.82, 2.24) is 9.88 Å². The van der Waals surface area contributed by atoms with Crippen molar-refractivity contribution in [2.75, 3.05) is 13.1 Å². The van der Waals surface area contributed by atoms with Gasteiger partial charge in [-0.2, -0.15) is 0 Å². The average molecular weight is 413 g/mol. The standard InChI is InChI=1S/C21H20N2O3S2/c24-20(18-7-4-12-27-18)23-10-8-16(9-11-23)21(25)26-13-17-14-28-19(22-17)15-5-2-1-3-6-15/h1-7,12,14,16H,8-11,13H2. The summed E-state index contributed by atoms with van der Waals surface area (Å²) < 4.78 is 5.49. The Labute approximate surface area is 171 Å². The molecule has 0 spiro atoms. The van der Waals surface area contributed by atoms with E-state index in [-0.39, 0.29) is 24.4 Å². The van der Waals surface area contributed by atoms with Crippen LogP contribution in [0, 0.1) is 5.92 Å². The van der Waals surface area contributed by atoms with Crippen LogP contribution in [0.3, 0.4) is 0 Å². The lowest BCUT2D eigenvalue weighted by molar-refractivity contribution is -0.151. The fourth-order valence-electron chi connectivity index (χ4n) is 3.22. The van der Waals surface area contributed by atoms with Crippen LogP contribution in [0.5, 0.6) is 0 Å². The van der Waals surface area contributed by atoms with Gasteiger partial charge in [0.1, 0.15) is 11.6 Å². The minimum absolute atomic E-state index is 0.0535. The first kappa shape index (κ1) is 18.8. The molecule has 3 heterocycles. The molecule has 0 N–H and O–H groups in total. The molecule has 2 aromatic heterocycles. The molecule has 0 saturated carbocycles. The van der Waals surface area contributed by atoms with Crippen molar-refractivity contribution in [2.45, 2.75) is 19.4 Å². The van der Waals surface area contributed by atoms with Gasteiger partial charge in [-0.15, -0.1) is 22.7 Å². The molecule has 0 bridgehead atoms. The number of likely N-dealkylation sites (tertiary alicyclic amines) is 1. The average Bonchev–Trinajstić information content (AvgIpc) is 3.44. The van der Waals surface area contributed by atoms with Crippen LogP contribution in [0.25, 0.3) is 10.6 Å². The minimum Gasteiger partial charge on any atom is -0.459 e. The number of esters is 1. The molecule has 7 heteroatoms. The zero-order valence-electron chi connectivity index (χ0n) is 15.2. The van der Waals surface area contributed by atoms with Crippen LogP contribution in [0.4, 0.5) is 0 Å². The molecule has 5 nitrogen and oxygen atoms in total. The maximum absolute atomic E-state index is 12.4. The van der Waals surface area contributed by atoms with Crippen molar-refractivity contribution in [3.8, 4) is 10.6 Å². The second-order valence-electron chi connectivity index (χ2n) is 6.66. The Balaban J connectivity index is 1.26. The highest BCUT2D eigenvalue weighted by molar-refractivity contribution is 7.13. The third-order valence-corrected chi connectivity index (χ3v) is 6.58. The number of ether oxygens (including phenoxy) is 1. The van der Waals surface area contributed by atoms with E-state index >= 15 is 0 Å². The lowest BCUT2D eigenvalue weighted by Gasteiger charge is -2.30. The smallest absolute Gasteiger partial charge is 0.309 e. The summed E-state index contributed by atoms with van der Waals surface area (Å²) in [4.78, 5) is 31.9. The van der Waals surface area contributed by atoms with Gasteiger partial charge in [0.25, 0.3) is 5.91 Å². The molecule has 144 valence electrons. The molecule has 1 aromatic carbocycles. The zero-order valence-corrected chi connectivity index (χ0v) is 16.9. The van der Waals surface area contributed by atoms with E-state index in [1.807, 2.05) is 58.1 Å². The number of carbonyl (C=O) groups excluding carboxylic acids is 2. The molecule has 0 atom stereocenters. The fourth-order valence-corrected chi connectivity index (χ4v) is 4.73. The predicted molar refractivity (Wildman–Crippen MR) is 110 cm³/mol. The Kier molecular flexibility index (Phi) is 5.83. The van der Waals surface area contributed by atoms with Crippen molar-refractivity contribution in [2.24, 2.45) is 5.92 Å². The highest BCUT2D eigenvalue weighted by Crippen LogP contribution is 2.25. The van der Waals surface area contributed by atoms with Gasteiger partial charge in [-0.05, 0) is 24.3 Å². The van der Waals surface area contributed by atoms with Crippen LogP contribution in [0.2, 0.25) is 0 Å². The highest BCUT2D eigenvalue weighted by atomic mass is 32.1. The first-order chi connectivity index (χ1) is 13.7. The van der Waals surface area contributed by atoms with Gasteiger partial charge in [-0.25, -0.2) is 4.98 Å². The van der Waals surface area contributed by atoms with E-state index in [0.29, 0.717) is 25.9 Å². The van der Waals surface area contributed by atoms with Crippen LogP contribution < -0.4 is 0 Å². The predicted octanol–water partition coefficient (Wildman–Crippen LogP) is 4.47. The molecule has 0 unspecified atom stereocenters. The lowest BCUT2D eigenvalue weighted by Crippen LogP contribution is -2.40. The third kappa shape index (κ3) is 4.31. The normalized spacial score (nSPS) is 14.8. The van der Waals surface area contributed by atoms with Gasteiger partial charge in [-0.1, -0.05) is 36.4 Å². The summed E-state index contributed by atoms with van der Waals surface area (Å²) in [5.41, 5.74) is 1.83. The summed E-state index contributed by atoms with van der Waals surface area (Å²) in [6.45, 7) is 1.37. The topological polar surface area (TPSA) is 59.5 Å². The van der Waals surface area contributed by atoms with Crippen LogP contribution in [-0.4, -0.2) is 34.8 Å². The molecule has 3 aromatic rings. The number of amides is 1. The molecule has 1 aliphatic heterocycles. The first-order valence-corrected chi connectivity index (χ1v) is 11.0. The Morgan fingerprint density at radius 2 is 1.86 bits per heavy atom. The second-order valence-corrected chi connectivity index (χ2v) is 8.47. The van der Waals surface area contributed by atoms with Gasteiger partial charge in [0.15, 0.2) is 0 Å². The van der Waals surface area contributed by atoms with E-state index < -0.39 is 0 Å². The Bertz CT molecular complexity index is 930. The van der Waals surface area contributed by atoms with Gasteiger partial charge in [0.2, 0.25) is 0 Å². The zero-order chi connectivity index (χ0) is 19.3. The number of aromatic nitrogens is 1. The molecule has 0 radical (unpaired) electrons. The van der Waals surface area contributed by atoms with Crippen LogP contribution in [0.1, 0.15) is 28.2 Å². The van der Waals surface area contributed by atoms with Crippen LogP contribution in [0.15, 0.2) is 53.2 Å². The van der Waals surface area contributed by atoms with Gasteiger partial charge >= 0.3 is 5.97 Å². The summed E-state index contributed by atoms with van der Waals surface area (Å²) in [6, 6.07) is 13.7. The maximum atomic E-state index is 12.4. The number of hydrogen-bond acceptors (Lipinski definition) is 6. The molecule has 0 aliphatic carbocycles. The van der Waals surface area contributed by atoms with Crippen LogP contribution in [-0.2, 0) is 16.1 Å². The van der Waals surface area contributed by atoms with Gasteiger partial charge in [0.05, 0.1) is 16.5 Å². The third-order valence-electron chi connectivity index (χ3n) is 4.78. The van der Waals surface area contributed by atoms with E-state index in [9.17, 15) is 9.59 Å². The number of thiazole rings is 1. The van der Waals surface area contributed by atoms with E-state index in [1.165, 1.54) is 11.3 Å². The van der Waals surface area contributed by atoms with Crippen molar-refractivity contribution >= 4 is 34.6 Å². The molecule has 1 amide bonds. The molecular formula is C21H20N2O3S2. The molecular weight excluding hydrogens is 392 g/mol. The summed E-state index contributed by atoms with van der Waals surface area (Å²) in [6.07, 6.45) is 1.28. The highest BCUT2D eigenvalue weighted by Gasteiger charge is 2.29. The molecule has 1 fully saturated rings. The van der Waals surface area contributed by atoms with Gasteiger partial charge < -0.3 is 9.64 Å².